The number of hydrogen-bond donors (Lipinski definition) is 0. The van der Waals surface area contributed by atoms with Crippen LogP contribution in [0.1, 0.15) is 57.6 Å². The molecule has 1 aliphatic heterocycles. The van der Waals surface area contributed by atoms with Crippen LogP contribution in [0.4, 0.5) is 0 Å². The zero-order valence-electron chi connectivity index (χ0n) is 15.8. The number of ether oxygens (including phenoxy) is 1. The van der Waals surface area contributed by atoms with E-state index in [9.17, 15) is 4.79 Å². The van der Waals surface area contributed by atoms with E-state index in [1.54, 1.807) is 7.11 Å². The summed E-state index contributed by atoms with van der Waals surface area (Å²) < 4.78 is 5.29. The van der Waals surface area contributed by atoms with Gasteiger partial charge in [-0.25, -0.2) is 0 Å². The molecule has 0 unspecified atom stereocenters. The fourth-order valence-electron chi connectivity index (χ4n) is 4.14. The number of aliphatic imine (C=N–C) groups is 1. The predicted molar refractivity (Wildman–Crippen MR) is 101 cm³/mol. The van der Waals surface area contributed by atoms with Gasteiger partial charge in [0.05, 0.1) is 19.7 Å². The molecule has 4 nitrogen and oxygen atoms in total. The highest BCUT2D eigenvalue weighted by atomic mass is 16.5. The van der Waals surface area contributed by atoms with E-state index in [4.69, 9.17) is 9.73 Å². The summed E-state index contributed by atoms with van der Waals surface area (Å²) in [7, 11) is 1.70. The Bertz CT molecular complexity index is 628. The summed E-state index contributed by atoms with van der Waals surface area (Å²) in [4.78, 5) is 19.5. The quantitative estimate of drug-likeness (QED) is 0.810. The summed E-state index contributed by atoms with van der Waals surface area (Å²) in [6, 6.07) is 8.65. The smallest absolute Gasteiger partial charge is 0.139 e. The third-order valence-corrected chi connectivity index (χ3v) is 5.33. The molecule has 0 spiro atoms. The first-order chi connectivity index (χ1) is 12.0. The molecule has 0 N–H and O–H groups in total. The number of nitrogens with zero attached hydrogens (tertiary/aromatic N) is 2. The molecule has 2 aliphatic rings. The minimum atomic E-state index is 0.0530. The molecule has 3 rings (SSSR count). The van der Waals surface area contributed by atoms with Gasteiger partial charge in [0.1, 0.15) is 11.5 Å². The van der Waals surface area contributed by atoms with Crippen LogP contribution in [0.2, 0.25) is 0 Å². The molecule has 1 aromatic rings. The molecule has 1 atom stereocenters. The van der Waals surface area contributed by atoms with E-state index in [1.165, 1.54) is 18.4 Å². The lowest BCUT2D eigenvalue weighted by molar-refractivity contribution is -0.120. The number of hydrogen-bond acceptors (Lipinski definition) is 4. The van der Waals surface area contributed by atoms with E-state index in [0.29, 0.717) is 24.7 Å². The molecule has 1 saturated carbocycles. The Morgan fingerprint density at radius 2 is 1.84 bits per heavy atom. The molecule has 136 valence electrons. The molecule has 25 heavy (non-hydrogen) atoms. The molecular weight excluding hydrogens is 312 g/mol. The van der Waals surface area contributed by atoms with Crippen molar-refractivity contribution in [2.75, 3.05) is 26.7 Å². The van der Waals surface area contributed by atoms with Crippen LogP contribution < -0.4 is 4.74 Å². The zero-order chi connectivity index (χ0) is 17.9. The molecule has 0 radical (unpaired) electrons. The lowest BCUT2D eigenvalue weighted by atomic mass is 9.76. The minimum Gasteiger partial charge on any atom is -0.497 e. The van der Waals surface area contributed by atoms with Gasteiger partial charge in [-0.15, -0.1) is 0 Å². The summed E-state index contributed by atoms with van der Waals surface area (Å²) in [5.41, 5.74) is 2.42. The van der Waals surface area contributed by atoms with Crippen LogP contribution in [0.15, 0.2) is 29.3 Å². The van der Waals surface area contributed by atoms with Gasteiger partial charge in [-0.2, -0.15) is 0 Å². The van der Waals surface area contributed by atoms with Gasteiger partial charge in [-0.3, -0.25) is 14.7 Å². The number of Topliss-reactive ketones (excluding diaryl/α,β-unsaturated/α-hetero) is 1. The summed E-state index contributed by atoms with van der Waals surface area (Å²) in [5, 5.41) is 0. The van der Waals surface area contributed by atoms with Crippen LogP contribution >= 0.6 is 0 Å². The van der Waals surface area contributed by atoms with Gasteiger partial charge in [0.15, 0.2) is 0 Å². The normalized spacial score (nSPS) is 23.8. The number of carbonyl (C=O) groups excluding carboxylic acids is 1. The van der Waals surface area contributed by atoms with E-state index in [2.05, 4.69) is 30.9 Å². The first-order valence-electron chi connectivity index (χ1n) is 9.39. The molecule has 0 bridgehead atoms. The van der Waals surface area contributed by atoms with E-state index in [-0.39, 0.29) is 5.41 Å². The SMILES string of the molecule is COc1ccc([C@H](CN=C2CC(=O)CC(C)(C)C2)N2CCCC2)cc1. The van der Waals surface area contributed by atoms with Gasteiger partial charge in [0.2, 0.25) is 0 Å². The van der Waals surface area contributed by atoms with Gasteiger partial charge < -0.3 is 4.74 Å². The van der Waals surface area contributed by atoms with E-state index >= 15 is 0 Å². The molecule has 1 aromatic carbocycles. The number of carbonyl (C=O) groups is 1. The van der Waals surface area contributed by atoms with Crippen LogP contribution in [0.3, 0.4) is 0 Å². The molecule has 0 amide bonds. The standard InChI is InChI=1S/C21H30N2O2/c1-21(2)13-17(12-18(24)14-21)22-15-20(23-10-4-5-11-23)16-6-8-19(25-3)9-7-16/h6-9,20H,4-5,10-15H2,1-3H3/t20-/m0/s1. The minimum absolute atomic E-state index is 0.0530. The molecule has 2 fully saturated rings. The fourth-order valence-corrected chi connectivity index (χ4v) is 4.14. The van der Waals surface area contributed by atoms with Crippen molar-refractivity contribution in [3.63, 3.8) is 0 Å². The molecule has 0 aromatic heterocycles. The van der Waals surface area contributed by atoms with Crippen LogP contribution in [0, 0.1) is 5.41 Å². The number of ketones is 1. The average molecular weight is 342 g/mol. The van der Waals surface area contributed by atoms with Crippen LogP contribution in [0.5, 0.6) is 5.75 Å². The van der Waals surface area contributed by atoms with Crippen molar-refractivity contribution in [2.24, 2.45) is 10.4 Å². The maximum Gasteiger partial charge on any atom is 0.139 e. The average Bonchev–Trinajstić information content (AvgIpc) is 3.08. The Hall–Kier alpha value is -1.68. The number of benzene rings is 1. The number of methoxy groups -OCH3 is 1. The molecule has 1 aliphatic carbocycles. The van der Waals surface area contributed by atoms with Gasteiger partial charge >= 0.3 is 0 Å². The van der Waals surface area contributed by atoms with Crippen molar-refractivity contribution >= 4 is 11.5 Å². The second-order valence-electron chi connectivity index (χ2n) is 8.17. The highest BCUT2D eigenvalue weighted by Crippen LogP contribution is 2.33. The zero-order valence-corrected chi connectivity index (χ0v) is 15.8. The molecule has 4 heteroatoms. The van der Waals surface area contributed by atoms with Crippen LogP contribution in [-0.4, -0.2) is 43.1 Å². The van der Waals surface area contributed by atoms with Gasteiger partial charge in [-0.05, 0) is 55.5 Å². The van der Waals surface area contributed by atoms with Gasteiger partial charge in [0.25, 0.3) is 0 Å². The van der Waals surface area contributed by atoms with Crippen molar-refractivity contribution in [3.05, 3.63) is 29.8 Å². The first-order valence-corrected chi connectivity index (χ1v) is 9.39. The molecule has 1 heterocycles. The summed E-state index contributed by atoms with van der Waals surface area (Å²) >= 11 is 0. The van der Waals surface area contributed by atoms with E-state index in [0.717, 1.165) is 37.5 Å². The Labute approximate surface area is 151 Å². The summed E-state index contributed by atoms with van der Waals surface area (Å²) in [6.07, 6.45) is 4.68. The Kier molecular flexibility index (Phi) is 5.57. The van der Waals surface area contributed by atoms with Crippen LogP contribution in [-0.2, 0) is 4.79 Å². The molecular formula is C21H30N2O2. The third-order valence-electron chi connectivity index (χ3n) is 5.33. The van der Waals surface area contributed by atoms with Crippen molar-refractivity contribution < 1.29 is 9.53 Å². The maximum atomic E-state index is 12.0. The number of rotatable bonds is 5. The van der Waals surface area contributed by atoms with Crippen molar-refractivity contribution in [1.29, 1.82) is 0 Å². The van der Waals surface area contributed by atoms with Crippen molar-refractivity contribution in [1.82, 2.24) is 4.90 Å². The predicted octanol–water partition coefficient (Wildman–Crippen LogP) is 4.05. The Morgan fingerprint density at radius 3 is 2.44 bits per heavy atom. The van der Waals surface area contributed by atoms with Gasteiger partial charge in [-0.1, -0.05) is 26.0 Å². The summed E-state index contributed by atoms with van der Waals surface area (Å²) in [5.74, 6) is 1.21. The van der Waals surface area contributed by atoms with E-state index in [1.807, 2.05) is 12.1 Å². The van der Waals surface area contributed by atoms with Gasteiger partial charge in [0, 0.05) is 18.6 Å². The third kappa shape index (κ3) is 4.69. The lowest BCUT2D eigenvalue weighted by Gasteiger charge is -2.31. The Balaban J connectivity index is 1.77. The highest BCUT2D eigenvalue weighted by Gasteiger charge is 2.31. The van der Waals surface area contributed by atoms with Crippen molar-refractivity contribution in [3.8, 4) is 5.75 Å². The van der Waals surface area contributed by atoms with Crippen LogP contribution in [0.25, 0.3) is 0 Å². The largest absolute Gasteiger partial charge is 0.497 e. The van der Waals surface area contributed by atoms with E-state index < -0.39 is 0 Å². The topological polar surface area (TPSA) is 41.9 Å². The lowest BCUT2D eigenvalue weighted by Crippen LogP contribution is -2.31. The molecule has 1 saturated heterocycles. The Morgan fingerprint density at radius 1 is 1.16 bits per heavy atom. The van der Waals surface area contributed by atoms with Crippen molar-refractivity contribution in [2.45, 2.75) is 52.0 Å². The maximum absolute atomic E-state index is 12.0. The monoisotopic (exact) mass is 342 g/mol. The second kappa shape index (κ2) is 7.69. The summed E-state index contributed by atoms with van der Waals surface area (Å²) in [6.45, 7) is 7.34. The second-order valence-corrected chi connectivity index (χ2v) is 8.17. The highest BCUT2D eigenvalue weighted by molar-refractivity contribution is 6.04. The fraction of sp³-hybridized carbons (Fsp3) is 0.619. The first kappa shape index (κ1) is 18.1. The number of likely N-dealkylation sites (tertiary alicyclic amines) is 1.